The van der Waals surface area contributed by atoms with Crippen molar-refractivity contribution in [1.82, 2.24) is 14.9 Å². The van der Waals surface area contributed by atoms with Crippen LogP contribution in [0.2, 0.25) is 0 Å². The number of nitrogens with zero attached hydrogens (tertiary/aromatic N) is 1. The first-order valence-electron chi connectivity index (χ1n) is 7.47. The number of nitrogens with one attached hydrogen (secondary N) is 2. The van der Waals surface area contributed by atoms with Crippen molar-refractivity contribution in [3.8, 4) is 0 Å². The van der Waals surface area contributed by atoms with E-state index in [9.17, 15) is 22.8 Å². The van der Waals surface area contributed by atoms with Crippen LogP contribution in [-0.2, 0) is 14.8 Å². The second-order valence-corrected chi connectivity index (χ2v) is 7.63. The SMILES string of the molecule is CC(C)CCNC(=O)NC(=O)CN1C(=O)c2ccccc2S1(=O)=O. The summed E-state index contributed by atoms with van der Waals surface area (Å²) >= 11 is 0. The van der Waals surface area contributed by atoms with Gasteiger partial charge in [-0.15, -0.1) is 0 Å². The fourth-order valence-corrected chi connectivity index (χ4v) is 3.73. The Labute approximate surface area is 140 Å². The van der Waals surface area contributed by atoms with Crippen molar-refractivity contribution >= 4 is 27.9 Å². The van der Waals surface area contributed by atoms with Gasteiger partial charge in [-0.2, -0.15) is 0 Å². The lowest BCUT2D eigenvalue weighted by atomic mass is 10.1. The number of urea groups is 1. The Hall–Kier alpha value is -2.42. The van der Waals surface area contributed by atoms with Crippen LogP contribution in [0.1, 0.15) is 30.6 Å². The summed E-state index contributed by atoms with van der Waals surface area (Å²) in [4.78, 5) is 35.4. The number of hydrogen-bond acceptors (Lipinski definition) is 5. The van der Waals surface area contributed by atoms with Gasteiger partial charge in [0.15, 0.2) is 0 Å². The molecule has 1 aromatic carbocycles. The Morgan fingerprint density at radius 3 is 2.50 bits per heavy atom. The van der Waals surface area contributed by atoms with Crippen LogP contribution in [0.5, 0.6) is 0 Å². The van der Waals surface area contributed by atoms with Crippen molar-refractivity contribution in [3.05, 3.63) is 29.8 Å². The monoisotopic (exact) mass is 353 g/mol. The Morgan fingerprint density at radius 1 is 1.21 bits per heavy atom. The number of imide groups is 1. The highest BCUT2D eigenvalue weighted by Gasteiger charge is 2.41. The molecule has 0 atom stereocenters. The van der Waals surface area contributed by atoms with E-state index in [1.807, 2.05) is 19.2 Å². The standard InChI is InChI=1S/C15H19N3O5S/c1-10(2)7-8-16-15(21)17-13(19)9-18-14(20)11-5-3-4-6-12(11)24(18,22)23/h3-6,10H,7-9H2,1-2H3,(H2,16,17,19,21). The number of benzene rings is 1. The van der Waals surface area contributed by atoms with Gasteiger partial charge in [0, 0.05) is 6.54 Å². The van der Waals surface area contributed by atoms with Crippen molar-refractivity contribution in [3.63, 3.8) is 0 Å². The zero-order valence-electron chi connectivity index (χ0n) is 13.4. The van der Waals surface area contributed by atoms with E-state index in [1.54, 1.807) is 0 Å². The Kier molecular flexibility index (Phi) is 5.23. The molecule has 0 saturated heterocycles. The highest BCUT2D eigenvalue weighted by Crippen LogP contribution is 2.29. The molecule has 1 heterocycles. The lowest BCUT2D eigenvalue weighted by Crippen LogP contribution is -2.46. The van der Waals surface area contributed by atoms with Crippen LogP contribution < -0.4 is 10.6 Å². The van der Waals surface area contributed by atoms with E-state index in [2.05, 4.69) is 5.32 Å². The second kappa shape index (κ2) is 7.00. The molecule has 2 N–H and O–H groups in total. The van der Waals surface area contributed by atoms with E-state index >= 15 is 0 Å². The third kappa shape index (κ3) is 3.73. The molecule has 1 aliphatic heterocycles. The fourth-order valence-electron chi connectivity index (χ4n) is 2.20. The summed E-state index contributed by atoms with van der Waals surface area (Å²) in [5.41, 5.74) is 0.0201. The lowest BCUT2D eigenvalue weighted by molar-refractivity contribution is -0.119. The summed E-state index contributed by atoms with van der Waals surface area (Å²) in [6.07, 6.45) is 0.746. The average Bonchev–Trinajstić information content (AvgIpc) is 2.68. The number of carbonyl (C=O) groups is 3. The summed E-state index contributed by atoms with van der Waals surface area (Å²) in [6, 6.07) is 5.00. The molecule has 1 aromatic rings. The molecular formula is C15H19N3O5S. The first kappa shape index (κ1) is 17.9. The summed E-state index contributed by atoms with van der Waals surface area (Å²) in [5.74, 6) is -1.25. The van der Waals surface area contributed by atoms with Crippen LogP contribution in [-0.4, -0.2) is 43.7 Å². The van der Waals surface area contributed by atoms with Crippen molar-refractivity contribution < 1.29 is 22.8 Å². The van der Waals surface area contributed by atoms with Crippen LogP contribution >= 0.6 is 0 Å². The maximum absolute atomic E-state index is 12.3. The van der Waals surface area contributed by atoms with Gasteiger partial charge in [-0.25, -0.2) is 17.5 Å². The minimum Gasteiger partial charge on any atom is -0.338 e. The van der Waals surface area contributed by atoms with Crippen molar-refractivity contribution in [2.75, 3.05) is 13.1 Å². The van der Waals surface area contributed by atoms with Gasteiger partial charge in [0.2, 0.25) is 5.91 Å². The molecule has 1 aliphatic rings. The van der Waals surface area contributed by atoms with E-state index < -0.39 is 34.4 Å². The maximum Gasteiger partial charge on any atom is 0.321 e. The smallest absolute Gasteiger partial charge is 0.321 e. The van der Waals surface area contributed by atoms with Crippen LogP contribution in [0.4, 0.5) is 4.79 Å². The highest BCUT2D eigenvalue weighted by molar-refractivity contribution is 7.90. The first-order valence-corrected chi connectivity index (χ1v) is 8.91. The average molecular weight is 353 g/mol. The molecule has 0 fully saturated rings. The molecule has 0 bridgehead atoms. The molecule has 24 heavy (non-hydrogen) atoms. The molecule has 8 nitrogen and oxygen atoms in total. The Bertz CT molecular complexity index is 773. The molecule has 9 heteroatoms. The third-order valence-corrected chi connectivity index (χ3v) is 5.25. The lowest BCUT2D eigenvalue weighted by Gasteiger charge is -2.14. The summed E-state index contributed by atoms with van der Waals surface area (Å²) in [5, 5.41) is 4.51. The van der Waals surface area contributed by atoms with Crippen molar-refractivity contribution in [2.45, 2.75) is 25.2 Å². The minimum absolute atomic E-state index is 0.0201. The minimum atomic E-state index is -4.06. The Morgan fingerprint density at radius 2 is 1.88 bits per heavy atom. The zero-order valence-corrected chi connectivity index (χ0v) is 14.2. The van der Waals surface area contributed by atoms with Gasteiger partial charge in [0.05, 0.1) is 5.56 Å². The van der Waals surface area contributed by atoms with Crippen LogP contribution in [0.25, 0.3) is 0 Å². The first-order chi connectivity index (χ1) is 11.2. The van der Waals surface area contributed by atoms with E-state index in [0.29, 0.717) is 16.8 Å². The predicted molar refractivity (Wildman–Crippen MR) is 85.7 cm³/mol. The molecular weight excluding hydrogens is 334 g/mol. The Balaban J connectivity index is 1.98. The van der Waals surface area contributed by atoms with Gasteiger partial charge in [-0.05, 0) is 24.5 Å². The van der Waals surface area contributed by atoms with Crippen molar-refractivity contribution in [2.24, 2.45) is 5.92 Å². The zero-order chi connectivity index (χ0) is 17.9. The van der Waals surface area contributed by atoms with Gasteiger partial charge in [-0.3, -0.25) is 14.9 Å². The number of sulfonamides is 1. The second-order valence-electron chi connectivity index (χ2n) is 5.80. The number of hydrogen-bond donors (Lipinski definition) is 2. The molecule has 2 rings (SSSR count). The third-order valence-electron chi connectivity index (χ3n) is 3.46. The van der Waals surface area contributed by atoms with E-state index in [0.717, 1.165) is 6.42 Å². The normalized spacial score (nSPS) is 15.3. The molecule has 0 radical (unpaired) electrons. The predicted octanol–water partition coefficient (Wildman–Crippen LogP) is 0.703. The summed E-state index contributed by atoms with van der Waals surface area (Å²) in [6.45, 7) is 3.63. The number of rotatable bonds is 5. The van der Waals surface area contributed by atoms with Gasteiger partial charge < -0.3 is 5.32 Å². The largest absolute Gasteiger partial charge is 0.338 e. The van der Waals surface area contributed by atoms with Gasteiger partial charge >= 0.3 is 6.03 Å². The molecule has 0 saturated carbocycles. The topological polar surface area (TPSA) is 113 Å². The molecule has 0 unspecified atom stereocenters. The number of amides is 4. The van der Waals surface area contributed by atoms with E-state index in [1.165, 1.54) is 24.3 Å². The quantitative estimate of drug-likeness (QED) is 0.809. The molecule has 4 amide bonds. The molecule has 130 valence electrons. The highest BCUT2D eigenvalue weighted by atomic mass is 32.2. The molecule has 0 aliphatic carbocycles. The van der Waals surface area contributed by atoms with Crippen LogP contribution in [0.3, 0.4) is 0 Å². The maximum atomic E-state index is 12.3. The summed E-state index contributed by atoms with van der Waals surface area (Å²) in [7, 11) is -4.06. The van der Waals surface area contributed by atoms with Gasteiger partial charge in [0.1, 0.15) is 11.4 Å². The van der Waals surface area contributed by atoms with E-state index in [4.69, 9.17) is 0 Å². The molecule has 0 spiro atoms. The molecule has 0 aromatic heterocycles. The number of carbonyl (C=O) groups excluding carboxylic acids is 3. The van der Waals surface area contributed by atoms with Gasteiger partial charge in [-0.1, -0.05) is 26.0 Å². The van der Waals surface area contributed by atoms with Crippen molar-refractivity contribution in [1.29, 1.82) is 0 Å². The van der Waals surface area contributed by atoms with Gasteiger partial charge in [0.25, 0.3) is 15.9 Å². The van der Waals surface area contributed by atoms with Crippen LogP contribution in [0.15, 0.2) is 29.2 Å². The summed E-state index contributed by atoms with van der Waals surface area (Å²) < 4.78 is 25.0. The number of fused-ring (bicyclic) bond motifs is 1. The van der Waals surface area contributed by atoms with E-state index in [-0.39, 0.29) is 10.5 Å². The van der Waals surface area contributed by atoms with Crippen LogP contribution in [0, 0.1) is 5.92 Å². The fraction of sp³-hybridized carbons (Fsp3) is 0.400.